The van der Waals surface area contributed by atoms with E-state index in [1.54, 1.807) is 0 Å². The van der Waals surface area contributed by atoms with Crippen molar-refractivity contribution in [1.29, 1.82) is 0 Å². The Hall–Kier alpha value is -1.19. The van der Waals surface area contributed by atoms with Crippen molar-refractivity contribution < 1.29 is 30.9 Å². The largest absolute Gasteiger partial charge is 0.398 e. The Morgan fingerprint density at radius 3 is 1.95 bits per heavy atom. The molecule has 0 unspecified atom stereocenters. The second-order valence-corrected chi connectivity index (χ2v) is 4.94. The summed E-state index contributed by atoms with van der Waals surface area (Å²) in [6.07, 6.45) is 0. The molecule has 0 saturated heterocycles. The summed E-state index contributed by atoms with van der Waals surface area (Å²) >= 11 is 1.99. The van der Waals surface area contributed by atoms with Crippen LogP contribution in [0.2, 0.25) is 0 Å². The van der Waals surface area contributed by atoms with E-state index in [4.69, 9.17) is 14.2 Å². The van der Waals surface area contributed by atoms with Gasteiger partial charge in [0.2, 0.25) is 0 Å². The number of hydrogen-bond acceptors (Lipinski definition) is 4. The van der Waals surface area contributed by atoms with Crippen molar-refractivity contribution >= 4 is 16.7 Å². The van der Waals surface area contributed by atoms with E-state index in [0.717, 1.165) is 22.4 Å². The van der Waals surface area contributed by atoms with Crippen LogP contribution >= 0.6 is 0 Å². The molecule has 2 aromatic carbocycles. The van der Waals surface area contributed by atoms with Gasteiger partial charge in [-0.15, -0.1) is 0 Å². The standard InChI is InChI=1S/C13H12N.H2O3S.Pd/c1-10-6-2-3-7-11(10)12-8-4-5-9-13(12)14;1-4(2)3;/h2-9H,1,14H2;4H,(H,1,2,3);/q;;+1/p-1. The molecule has 0 spiro atoms. The van der Waals surface area contributed by atoms with E-state index < -0.39 is 11.0 Å². The van der Waals surface area contributed by atoms with Gasteiger partial charge in [-0.1, -0.05) is 42.5 Å². The minimum absolute atomic E-state index is 0.795. The Bertz CT molecular complexity index is 563. The summed E-state index contributed by atoms with van der Waals surface area (Å²) < 4.78 is 21.8. The summed E-state index contributed by atoms with van der Waals surface area (Å²) in [6, 6.07) is 15.8. The zero-order valence-electron chi connectivity index (χ0n) is 9.89. The molecule has 19 heavy (non-hydrogen) atoms. The predicted molar refractivity (Wildman–Crippen MR) is 72.1 cm³/mol. The van der Waals surface area contributed by atoms with Gasteiger partial charge in [0, 0.05) is 11.3 Å². The summed E-state index contributed by atoms with van der Waals surface area (Å²) in [4.78, 5) is 0. The summed E-state index contributed by atoms with van der Waals surface area (Å²) in [7, 11) is -2.66. The van der Waals surface area contributed by atoms with E-state index in [9.17, 15) is 0 Å². The summed E-state index contributed by atoms with van der Waals surface area (Å²) in [5.41, 5.74) is 9.85. The quantitative estimate of drug-likeness (QED) is 0.483. The van der Waals surface area contributed by atoms with Gasteiger partial charge in [0.1, 0.15) is 0 Å². The van der Waals surface area contributed by atoms with Crippen LogP contribution in [0.5, 0.6) is 0 Å². The minimum atomic E-state index is -2.66. The number of hydrogen-bond donors (Lipinski definition) is 2. The van der Waals surface area contributed by atoms with Crippen LogP contribution in [0, 0.1) is 6.92 Å². The van der Waals surface area contributed by atoms with E-state index in [-0.39, 0.29) is 0 Å². The van der Waals surface area contributed by atoms with Crippen LogP contribution < -0.4 is 5.73 Å². The van der Waals surface area contributed by atoms with Crippen LogP contribution in [0.25, 0.3) is 11.1 Å². The fourth-order valence-corrected chi connectivity index (χ4v) is 1.53. The molecule has 0 atom stereocenters. The monoisotopic (exact) mass is 369 g/mol. The third-order valence-electron chi connectivity index (χ3n) is 2.32. The van der Waals surface area contributed by atoms with Gasteiger partial charge >= 0.3 is 41.9 Å². The maximum atomic E-state index is 9.15. The molecule has 0 saturated carbocycles. The molecule has 0 aliphatic carbocycles. The Morgan fingerprint density at radius 1 is 1.00 bits per heavy atom. The third-order valence-corrected chi connectivity index (χ3v) is 3.10. The molecule has 2 aromatic rings. The van der Waals surface area contributed by atoms with Gasteiger partial charge in [-0.25, -0.2) is 0 Å². The molecule has 0 aromatic heterocycles. The molecule has 0 bridgehead atoms. The van der Waals surface area contributed by atoms with E-state index in [1.807, 2.05) is 68.1 Å². The fourth-order valence-electron chi connectivity index (χ4n) is 1.53. The molecule has 104 valence electrons. The van der Waals surface area contributed by atoms with Gasteiger partial charge in [-0.2, -0.15) is 0 Å². The van der Waals surface area contributed by atoms with Crippen LogP contribution in [0.15, 0.2) is 48.5 Å². The van der Waals surface area contributed by atoms with Crippen molar-refractivity contribution in [1.82, 2.24) is 0 Å². The van der Waals surface area contributed by atoms with E-state index in [1.165, 1.54) is 0 Å². The van der Waals surface area contributed by atoms with Gasteiger partial charge in [-0.05, 0) is 24.1 Å². The molecule has 0 aliphatic heterocycles. The molecule has 2 rings (SSSR count). The number of thiol groups is 1. The van der Waals surface area contributed by atoms with Crippen molar-refractivity contribution in [2.45, 2.75) is 0 Å². The Labute approximate surface area is 125 Å². The van der Waals surface area contributed by atoms with Crippen LogP contribution in [-0.4, -0.2) is 8.42 Å². The summed E-state index contributed by atoms with van der Waals surface area (Å²) in [5.74, 6) is 0. The van der Waals surface area contributed by atoms with Gasteiger partial charge in [0.15, 0.2) is 0 Å². The summed E-state index contributed by atoms with van der Waals surface area (Å²) in [6.45, 7) is 3.98. The second-order valence-electron chi connectivity index (χ2n) is 3.53. The predicted octanol–water partition coefficient (Wildman–Crippen LogP) is 2.11. The van der Waals surface area contributed by atoms with Crippen LogP contribution in [-0.2, 0) is 33.5 Å². The van der Waals surface area contributed by atoms with Crippen LogP contribution in [0.4, 0.5) is 5.69 Å². The molecular weight excluding hydrogens is 357 g/mol. The number of nitrogens with two attached hydrogens (primary N) is 1. The first kappa shape index (κ1) is 15.9. The topological polar surface area (TPSA) is 69.4 Å². The normalized spacial score (nSPS) is 9.89. The number of benzene rings is 2. The Balaban J connectivity index is 0.000000312. The molecule has 0 aliphatic rings. The average molecular weight is 370 g/mol. The van der Waals surface area contributed by atoms with Gasteiger partial charge < -0.3 is 5.73 Å². The van der Waals surface area contributed by atoms with Crippen molar-refractivity contribution in [2.24, 2.45) is 0 Å². The Morgan fingerprint density at radius 2 is 1.47 bits per heavy atom. The minimum Gasteiger partial charge on any atom is -0.398 e. The first-order valence-electron chi connectivity index (χ1n) is 5.22. The molecule has 0 amide bonds. The van der Waals surface area contributed by atoms with Gasteiger partial charge in [0.05, 0.1) is 0 Å². The zero-order chi connectivity index (χ0) is 14.3. The average Bonchev–Trinajstić information content (AvgIpc) is 2.41. The molecular formula is C13H13NO3PdS. The maximum Gasteiger partial charge on any atom is 0.0393 e. The fraction of sp³-hybridized carbons (Fsp3) is 0. The van der Waals surface area contributed by atoms with Crippen molar-refractivity contribution in [3.8, 4) is 11.1 Å². The number of nitrogen functional groups attached to an aromatic ring is 1. The smallest absolute Gasteiger partial charge is 0.0393 e. The van der Waals surface area contributed by atoms with E-state index in [0.29, 0.717) is 0 Å². The third kappa shape index (κ3) is 5.13. The molecule has 6 heteroatoms. The molecule has 0 heterocycles. The first-order valence-corrected chi connectivity index (χ1v) is 6.95. The number of rotatable bonds is 2. The van der Waals surface area contributed by atoms with E-state index >= 15 is 0 Å². The summed E-state index contributed by atoms with van der Waals surface area (Å²) in [5, 5.41) is 0. The Kier molecular flexibility index (Phi) is 6.75. The molecule has 0 fully saturated rings. The van der Waals surface area contributed by atoms with Crippen LogP contribution in [0.1, 0.15) is 5.56 Å². The maximum absolute atomic E-state index is 9.15. The number of para-hydroxylation sites is 1. The SMILES string of the molecule is O=[SH](=O)[O][Pd].[CH2]c1ccccc1-c1ccccc1N. The molecule has 2 N–H and O–H groups in total. The van der Waals surface area contributed by atoms with Crippen molar-refractivity contribution in [2.75, 3.05) is 5.73 Å². The first-order chi connectivity index (χ1) is 9.06. The van der Waals surface area contributed by atoms with Crippen molar-refractivity contribution in [3.63, 3.8) is 0 Å². The van der Waals surface area contributed by atoms with Gasteiger partial charge in [-0.3, -0.25) is 0 Å². The molecule has 4 nitrogen and oxygen atoms in total. The zero-order valence-corrected chi connectivity index (χ0v) is 12.3. The van der Waals surface area contributed by atoms with Crippen molar-refractivity contribution in [3.05, 3.63) is 61.0 Å². The number of anilines is 1. The van der Waals surface area contributed by atoms with Gasteiger partial charge in [0.25, 0.3) is 0 Å². The second kappa shape index (κ2) is 8.08. The molecule has 1 radical (unpaired) electrons. The van der Waals surface area contributed by atoms with Crippen LogP contribution in [0.3, 0.4) is 0 Å². The van der Waals surface area contributed by atoms with E-state index in [2.05, 4.69) is 9.83 Å².